The second-order valence-electron chi connectivity index (χ2n) is 5.27. The molecule has 1 unspecified atom stereocenters. The summed E-state index contributed by atoms with van der Waals surface area (Å²) in [6.45, 7) is 16.2. The van der Waals surface area contributed by atoms with Crippen molar-refractivity contribution in [3.63, 3.8) is 0 Å². The maximum atomic E-state index is 4.06. The first-order valence-corrected chi connectivity index (χ1v) is 6.14. The van der Waals surface area contributed by atoms with Crippen molar-refractivity contribution in [2.45, 2.75) is 52.6 Å². The van der Waals surface area contributed by atoms with E-state index in [-0.39, 0.29) is 5.54 Å². The third kappa shape index (κ3) is 5.36. The Morgan fingerprint density at radius 2 is 2.00 bits per heavy atom. The van der Waals surface area contributed by atoms with E-state index in [0.717, 1.165) is 18.5 Å². The minimum absolute atomic E-state index is 0.176. The average molecular weight is 224 g/mol. The summed E-state index contributed by atoms with van der Waals surface area (Å²) in [6.07, 6.45) is 5.44. The van der Waals surface area contributed by atoms with Gasteiger partial charge in [0.25, 0.3) is 0 Å². The predicted molar refractivity (Wildman–Crippen MR) is 73.6 cm³/mol. The average Bonchev–Trinajstić information content (AvgIpc) is 2.20. The van der Waals surface area contributed by atoms with E-state index < -0.39 is 0 Å². The highest BCUT2D eigenvalue weighted by Gasteiger charge is 2.16. The SMILES string of the molecule is C=C(/C=C\N(CCC)C(C)(C)C)C(C)NC. The maximum Gasteiger partial charge on any atom is 0.0312 e. The molecule has 1 N–H and O–H groups in total. The molecule has 0 aliphatic heterocycles. The van der Waals surface area contributed by atoms with Gasteiger partial charge in [0.1, 0.15) is 0 Å². The number of hydrogen-bond donors (Lipinski definition) is 1. The molecule has 0 aromatic rings. The van der Waals surface area contributed by atoms with Crippen LogP contribution < -0.4 is 5.32 Å². The van der Waals surface area contributed by atoms with Gasteiger partial charge < -0.3 is 10.2 Å². The van der Waals surface area contributed by atoms with E-state index in [1.165, 1.54) is 0 Å². The van der Waals surface area contributed by atoms with Crippen LogP contribution in [-0.4, -0.2) is 30.1 Å². The Morgan fingerprint density at radius 3 is 2.38 bits per heavy atom. The highest BCUT2D eigenvalue weighted by Crippen LogP contribution is 2.15. The molecule has 0 bridgehead atoms. The molecule has 0 rings (SSSR count). The largest absolute Gasteiger partial charge is 0.373 e. The van der Waals surface area contributed by atoms with Crippen LogP contribution in [-0.2, 0) is 0 Å². The molecule has 0 heterocycles. The van der Waals surface area contributed by atoms with E-state index in [1.54, 1.807) is 0 Å². The molecule has 0 amide bonds. The van der Waals surface area contributed by atoms with Gasteiger partial charge in [0.05, 0.1) is 0 Å². The molecule has 0 aliphatic rings. The first-order chi connectivity index (χ1) is 7.32. The number of nitrogens with one attached hydrogen (secondary N) is 1. The van der Waals surface area contributed by atoms with Gasteiger partial charge in [-0.2, -0.15) is 0 Å². The van der Waals surface area contributed by atoms with Crippen molar-refractivity contribution in [1.29, 1.82) is 0 Å². The van der Waals surface area contributed by atoms with Gasteiger partial charge in [-0.15, -0.1) is 0 Å². The highest BCUT2D eigenvalue weighted by molar-refractivity contribution is 5.20. The molecular weight excluding hydrogens is 196 g/mol. The van der Waals surface area contributed by atoms with E-state index in [1.807, 2.05) is 7.05 Å². The smallest absolute Gasteiger partial charge is 0.0312 e. The fourth-order valence-electron chi connectivity index (χ4n) is 1.39. The summed E-state index contributed by atoms with van der Waals surface area (Å²) in [6, 6.07) is 0.333. The van der Waals surface area contributed by atoms with Crippen LogP contribution in [0, 0.1) is 0 Å². The minimum atomic E-state index is 0.176. The normalized spacial score (nSPS) is 14.1. The molecule has 0 aromatic heterocycles. The molecular formula is C14H28N2. The molecule has 0 radical (unpaired) electrons. The molecule has 2 nitrogen and oxygen atoms in total. The Balaban J connectivity index is 4.51. The predicted octanol–water partition coefficient (Wildman–Crippen LogP) is 3.17. The monoisotopic (exact) mass is 224 g/mol. The van der Waals surface area contributed by atoms with E-state index in [0.29, 0.717) is 6.04 Å². The summed E-state index contributed by atoms with van der Waals surface area (Å²) in [5.74, 6) is 0. The van der Waals surface area contributed by atoms with Crippen LogP contribution in [0.25, 0.3) is 0 Å². The Kier molecular flexibility index (Phi) is 6.42. The van der Waals surface area contributed by atoms with Crippen LogP contribution in [0.5, 0.6) is 0 Å². The summed E-state index contributed by atoms with van der Waals surface area (Å²) >= 11 is 0. The second kappa shape index (κ2) is 6.74. The third-order valence-corrected chi connectivity index (χ3v) is 2.78. The summed E-state index contributed by atoms with van der Waals surface area (Å²) in [5, 5.41) is 3.19. The zero-order chi connectivity index (χ0) is 12.8. The lowest BCUT2D eigenvalue weighted by atomic mass is 10.1. The van der Waals surface area contributed by atoms with Gasteiger partial charge in [0, 0.05) is 18.1 Å². The van der Waals surface area contributed by atoms with Crippen molar-refractivity contribution in [3.8, 4) is 0 Å². The Labute approximate surface area is 101 Å². The summed E-state index contributed by atoms with van der Waals surface area (Å²) in [7, 11) is 1.96. The number of likely N-dealkylation sites (N-methyl/N-ethyl adjacent to an activating group) is 1. The lowest BCUT2D eigenvalue weighted by Crippen LogP contribution is -2.37. The van der Waals surface area contributed by atoms with Crippen LogP contribution in [0.1, 0.15) is 41.0 Å². The first kappa shape index (κ1) is 15.2. The van der Waals surface area contributed by atoms with Crippen molar-refractivity contribution in [2.24, 2.45) is 0 Å². The number of nitrogens with zero attached hydrogens (tertiary/aromatic N) is 1. The van der Waals surface area contributed by atoms with Crippen molar-refractivity contribution in [2.75, 3.05) is 13.6 Å². The summed E-state index contributed by atoms with van der Waals surface area (Å²) < 4.78 is 0. The Bertz CT molecular complexity index is 236. The second-order valence-corrected chi connectivity index (χ2v) is 5.27. The lowest BCUT2D eigenvalue weighted by Gasteiger charge is -2.34. The zero-order valence-corrected chi connectivity index (χ0v) is 11.8. The molecule has 16 heavy (non-hydrogen) atoms. The van der Waals surface area contributed by atoms with Crippen molar-refractivity contribution in [1.82, 2.24) is 10.2 Å². The van der Waals surface area contributed by atoms with Gasteiger partial charge in [-0.3, -0.25) is 0 Å². The van der Waals surface area contributed by atoms with Crippen LogP contribution in [0.3, 0.4) is 0 Å². The first-order valence-electron chi connectivity index (χ1n) is 6.14. The maximum absolute atomic E-state index is 4.06. The van der Waals surface area contributed by atoms with Crippen LogP contribution in [0.2, 0.25) is 0 Å². The fraction of sp³-hybridized carbons (Fsp3) is 0.714. The molecule has 0 fully saturated rings. The quantitative estimate of drug-likeness (QED) is 0.697. The fourth-order valence-corrected chi connectivity index (χ4v) is 1.39. The molecule has 0 saturated heterocycles. The standard InChI is InChI=1S/C14H28N2/c1-8-10-16(14(4,5)6)11-9-12(2)13(3)15-7/h9,11,13,15H,2,8,10H2,1,3-7H3/b11-9-. The van der Waals surface area contributed by atoms with Gasteiger partial charge >= 0.3 is 0 Å². The van der Waals surface area contributed by atoms with Crippen LogP contribution in [0.4, 0.5) is 0 Å². The summed E-state index contributed by atoms with van der Waals surface area (Å²) in [5.41, 5.74) is 1.29. The molecule has 0 aromatic carbocycles. The topological polar surface area (TPSA) is 15.3 Å². The third-order valence-electron chi connectivity index (χ3n) is 2.78. The molecule has 0 saturated carbocycles. The van der Waals surface area contributed by atoms with E-state index in [2.05, 4.69) is 63.7 Å². The van der Waals surface area contributed by atoms with E-state index >= 15 is 0 Å². The van der Waals surface area contributed by atoms with Gasteiger partial charge in [-0.1, -0.05) is 13.5 Å². The zero-order valence-electron chi connectivity index (χ0n) is 11.8. The molecule has 94 valence electrons. The molecule has 1 atom stereocenters. The van der Waals surface area contributed by atoms with Gasteiger partial charge in [-0.05, 0) is 59.0 Å². The molecule has 2 heteroatoms. The van der Waals surface area contributed by atoms with E-state index in [9.17, 15) is 0 Å². The summed E-state index contributed by atoms with van der Waals surface area (Å²) in [4.78, 5) is 2.36. The van der Waals surface area contributed by atoms with Gasteiger partial charge in [0.15, 0.2) is 0 Å². The van der Waals surface area contributed by atoms with E-state index in [4.69, 9.17) is 0 Å². The Morgan fingerprint density at radius 1 is 1.44 bits per heavy atom. The van der Waals surface area contributed by atoms with Gasteiger partial charge in [-0.25, -0.2) is 0 Å². The Hall–Kier alpha value is -0.760. The van der Waals surface area contributed by atoms with Crippen molar-refractivity contribution >= 4 is 0 Å². The van der Waals surface area contributed by atoms with Crippen molar-refractivity contribution in [3.05, 3.63) is 24.4 Å². The number of rotatable bonds is 6. The lowest BCUT2D eigenvalue weighted by molar-refractivity contribution is 0.206. The number of hydrogen-bond acceptors (Lipinski definition) is 2. The van der Waals surface area contributed by atoms with Crippen molar-refractivity contribution < 1.29 is 0 Å². The minimum Gasteiger partial charge on any atom is -0.373 e. The molecule has 0 aliphatic carbocycles. The van der Waals surface area contributed by atoms with Crippen LogP contribution >= 0.6 is 0 Å². The van der Waals surface area contributed by atoms with Crippen LogP contribution in [0.15, 0.2) is 24.4 Å². The highest BCUT2D eigenvalue weighted by atomic mass is 15.2. The van der Waals surface area contributed by atoms with Gasteiger partial charge in [0.2, 0.25) is 0 Å². The molecule has 0 spiro atoms.